The molecule has 1 atom stereocenters. The molecule has 0 saturated heterocycles. The van der Waals surface area contributed by atoms with Crippen LogP contribution in [0.1, 0.15) is 29.7 Å². The molecule has 1 aromatic rings. The van der Waals surface area contributed by atoms with Gasteiger partial charge in [-0.15, -0.1) is 0 Å². The van der Waals surface area contributed by atoms with Gasteiger partial charge in [0.15, 0.2) is 0 Å². The van der Waals surface area contributed by atoms with E-state index in [-0.39, 0.29) is 6.04 Å². The summed E-state index contributed by atoms with van der Waals surface area (Å²) in [5.41, 5.74) is 3.38. The molecular weight excluding hydrogens is 253 g/mol. The van der Waals surface area contributed by atoms with Crippen LogP contribution in [0.15, 0.2) is 18.2 Å². The average molecular weight is 272 g/mol. The van der Waals surface area contributed by atoms with Gasteiger partial charge in [0.25, 0.3) is 0 Å². The Morgan fingerprint density at radius 3 is 2.74 bits per heavy atom. The zero-order valence-corrected chi connectivity index (χ0v) is 11.2. The van der Waals surface area contributed by atoms with Crippen LogP contribution in [-0.4, -0.2) is 31.2 Å². The molecule has 5 heteroatoms. The largest absolute Gasteiger partial charge is 0.401 e. The summed E-state index contributed by atoms with van der Waals surface area (Å²) in [4.78, 5) is 1.50. The number of benzene rings is 1. The first-order valence-electron chi connectivity index (χ1n) is 6.48. The van der Waals surface area contributed by atoms with Gasteiger partial charge in [0, 0.05) is 19.1 Å². The highest BCUT2D eigenvalue weighted by Crippen LogP contribution is 2.32. The Hall–Kier alpha value is -1.07. The summed E-state index contributed by atoms with van der Waals surface area (Å²) in [6, 6.07) is 5.89. The summed E-state index contributed by atoms with van der Waals surface area (Å²) in [6.45, 7) is 2.28. The zero-order valence-electron chi connectivity index (χ0n) is 11.2. The fourth-order valence-electron chi connectivity index (χ4n) is 2.70. The molecule has 0 aliphatic carbocycles. The van der Waals surface area contributed by atoms with Gasteiger partial charge in [-0.2, -0.15) is 13.2 Å². The van der Waals surface area contributed by atoms with Crippen molar-refractivity contribution in [2.75, 3.05) is 20.1 Å². The molecule has 1 aliphatic heterocycles. The summed E-state index contributed by atoms with van der Waals surface area (Å²) < 4.78 is 37.5. The molecule has 1 N–H and O–H groups in total. The van der Waals surface area contributed by atoms with Crippen LogP contribution in [0.3, 0.4) is 0 Å². The van der Waals surface area contributed by atoms with Crippen molar-refractivity contribution in [3.8, 4) is 0 Å². The van der Waals surface area contributed by atoms with Crippen LogP contribution in [0.25, 0.3) is 0 Å². The fraction of sp³-hybridized carbons (Fsp3) is 0.571. The molecule has 2 nitrogen and oxygen atoms in total. The van der Waals surface area contributed by atoms with Crippen molar-refractivity contribution < 1.29 is 13.2 Å². The number of nitrogens with one attached hydrogen (secondary N) is 1. The summed E-state index contributed by atoms with van der Waals surface area (Å²) in [6.07, 6.45) is -3.44. The number of hydrogen-bond acceptors (Lipinski definition) is 2. The highest BCUT2D eigenvalue weighted by Gasteiger charge is 2.35. The molecule has 0 spiro atoms. The van der Waals surface area contributed by atoms with E-state index in [1.165, 1.54) is 16.0 Å². The normalized spacial score (nSPS) is 20.4. The van der Waals surface area contributed by atoms with Crippen LogP contribution in [0, 0.1) is 0 Å². The highest BCUT2D eigenvalue weighted by atomic mass is 19.4. The van der Waals surface area contributed by atoms with Gasteiger partial charge in [0.05, 0.1) is 6.54 Å². The Balaban J connectivity index is 2.17. The standard InChI is InChI=1S/C14H19F3N2/c1-10-13-4-3-11(8-18-2)7-12(13)5-6-19(10)9-14(15,16)17/h3-4,7,10,18H,5-6,8-9H2,1-2H3. The van der Waals surface area contributed by atoms with Gasteiger partial charge in [0.2, 0.25) is 0 Å². The van der Waals surface area contributed by atoms with Gasteiger partial charge in [-0.3, -0.25) is 4.90 Å². The highest BCUT2D eigenvalue weighted by molar-refractivity contribution is 5.36. The first-order valence-corrected chi connectivity index (χ1v) is 6.48. The van der Waals surface area contributed by atoms with Gasteiger partial charge in [0.1, 0.15) is 0 Å². The lowest BCUT2D eigenvalue weighted by molar-refractivity contribution is -0.151. The van der Waals surface area contributed by atoms with E-state index in [1.807, 2.05) is 26.1 Å². The van der Waals surface area contributed by atoms with Crippen LogP contribution in [0.4, 0.5) is 13.2 Å². The van der Waals surface area contributed by atoms with Gasteiger partial charge in [-0.1, -0.05) is 18.2 Å². The Morgan fingerprint density at radius 2 is 2.11 bits per heavy atom. The predicted octanol–water partition coefficient (Wildman–Crippen LogP) is 2.89. The number of halogens is 3. The SMILES string of the molecule is CNCc1ccc2c(c1)CCN(CC(F)(F)F)C2C. The van der Waals surface area contributed by atoms with E-state index in [0.29, 0.717) is 13.0 Å². The molecule has 19 heavy (non-hydrogen) atoms. The minimum atomic E-state index is -4.13. The number of hydrogen-bond donors (Lipinski definition) is 1. The van der Waals surface area contributed by atoms with Crippen LogP contribution < -0.4 is 5.32 Å². The van der Waals surface area contributed by atoms with Gasteiger partial charge >= 0.3 is 6.18 Å². The van der Waals surface area contributed by atoms with Gasteiger partial charge in [-0.25, -0.2) is 0 Å². The van der Waals surface area contributed by atoms with Crippen molar-refractivity contribution in [2.45, 2.75) is 32.1 Å². The third kappa shape index (κ3) is 3.48. The average Bonchev–Trinajstić information content (AvgIpc) is 2.32. The maximum Gasteiger partial charge on any atom is 0.401 e. The molecule has 0 bridgehead atoms. The second kappa shape index (κ2) is 5.51. The molecule has 1 heterocycles. The Bertz CT molecular complexity index is 443. The maximum absolute atomic E-state index is 12.5. The smallest absolute Gasteiger partial charge is 0.316 e. The van der Waals surface area contributed by atoms with E-state index < -0.39 is 12.7 Å². The minimum Gasteiger partial charge on any atom is -0.316 e. The van der Waals surface area contributed by atoms with Crippen molar-refractivity contribution in [1.82, 2.24) is 10.2 Å². The summed E-state index contributed by atoms with van der Waals surface area (Å²) in [5, 5.41) is 3.08. The molecule has 0 radical (unpaired) electrons. The van der Waals surface area contributed by atoms with Crippen molar-refractivity contribution in [3.05, 3.63) is 34.9 Å². The molecular formula is C14H19F3N2. The van der Waals surface area contributed by atoms with E-state index in [1.54, 1.807) is 0 Å². The first kappa shape index (κ1) is 14.3. The molecule has 0 amide bonds. The second-order valence-electron chi connectivity index (χ2n) is 5.08. The summed E-state index contributed by atoms with van der Waals surface area (Å²) in [5.74, 6) is 0. The monoisotopic (exact) mass is 272 g/mol. The molecule has 0 fully saturated rings. The van der Waals surface area contributed by atoms with Crippen molar-refractivity contribution in [2.24, 2.45) is 0 Å². The lowest BCUT2D eigenvalue weighted by atomic mass is 9.92. The third-order valence-corrected chi connectivity index (χ3v) is 3.64. The second-order valence-corrected chi connectivity index (χ2v) is 5.08. The van der Waals surface area contributed by atoms with E-state index in [2.05, 4.69) is 11.4 Å². The quantitative estimate of drug-likeness (QED) is 0.910. The van der Waals surface area contributed by atoms with E-state index in [4.69, 9.17) is 0 Å². The molecule has 1 aromatic carbocycles. The Morgan fingerprint density at radius 1 is 1.37 bits per heavy atom. The van der Waals surface area contributed by atoms with Gasteiger partial charge < -0.3 is 5.32 Å². The lowest BCUT2D eigenvalue weighted by Gasteiger charge is -2.35. The Labute approximate surface area is 111 Å². The van der Waals surface area contributed by atoms with Crippen LogP contribution in [-0.2, 0) is 13.0 Å². The zero-order chi connectivity index (χ0) is 14.0. The molecule has 1 unspecified atom stereocenters. The fourth-order valence-corrected chi connectivity index (χ4v) is 2.70. The number of fused-ring (bicyclic) bond motifs is 1. The van der Waals surface area contributed by atoms with Crippen molar-refractivity contribution >= 4 is 0 Å². The summed E-state index contributed by atoms with van der Waals surface area (Å²) >= 11 is 0. The number of rotatable bonds is 3. The van der Waals surface area contributed by atoms with E-state index >= 15 is 0 Å². The molecule has 0 saturated carbocycles. The number of alkyl halides is 3. The van der Waals surface area contributed by atoms with E-state index in [0.717, 1.165) is 12.1 Å². The van der Waals surface area contributed by atoms with Crippen LogP contribution >= 0.6 is 0 Å². The predicted molar refractivity (Wildman–Crippen MR) is 69.0 cm³/mol. The lowest BCUT2D eigenvalue weighted by Crippen LogP contribution is -2.40. The minimum absolute atomic E-state index is 0.172. The Kier molecular flexibility index (Phi) is 4.16. The molecule has 1 aliphatic rings. The van der Waals surface area contributed by atoms with Gasteiger partial charge in [-0.05, 0) is 37.1 Å². The molecule has 0 aromatic heterocycles. The maximum atomic E-state index is 12.5. The van der Waals surface area contributed by atoms with E-state index in [9.17, 15) is 13.2 Å². The number of nitrogens with zero attached hydrogens (tertiary/aromatic N) is 1. The summed E-state index contributed by atoms with van der Waals surface area (Å²) in [7, 11) is 1.88. The topological polar surface area (TPSA) is 15.3 Å². The third-order valence-electron chi connectivity index (χ3n) is 3.64. The van der Waals surface area contributed by atoms with Crippen LogP contribution in [0.2, 0.25) is 0 Å². The molecule has 106 valence electrons. The molecule has 2 rings (SSSR count). The first-order chi connectivity index (χ1) is 8.90. The van der Waals surface area contributed by atoms with Crippen molar-refractivity contribution in [1.29, 1.82) is 0 Å². The van der Waals surface area contributed by atoms with Crippen molar-refractivity contribution in [3.63, 3.8) is 0 Å². The van der Waals surface area contributed by atoms with Crippen LogP contribution in [0.5, 0.6) is 0 Å².